The van der Waals surface area contributed by atoms with Crippen molar-refractivity contribution in [3.05, 3.63) is 65.2 Å². The van der Waals surface area contributed by atoms with Gasteiger partial charge in [0, 0.05) is 6.54 Å². The molecule has 3 nitrogen and oxygen atoms in total. The number of unbranched alkanes of at least 4 members (excludes halogenated alkanes) is 3. The standard InChI is InChI=1S/C20H27NO2S/c1-3-4-5-6-7-18-12-14-20(15-13-18)24(22,23)21-16-19-10-8-17(2)9-11-19/h8-15,21H,3-7,16H2,1-2H3. The average Bonchev–Trinajstić information content (AvgIpc) is 2.59. The van der Waals surface area contributed by atoms with Gasteiger partial charge in [-0.15, -0.1) is 0 Å². The van der Waals surface area contributed by atoms with E-state index < -0.39 is 10.0 Å². The Hall–Kier alpha value is -1.65. The van der Waals surface area contributed by atoms with Crippen LogP contribution >= 0.6 is 0 Å². The highest BCUT2D eigenvalue weighted by Crippen LogP contribution is 2.14. The molecule has 1 N–H and O–H groups in total. The Bertz CT molecular complexity index is 719. The minimum atomic E-state index is -3.46. The molecule has 0 aliphatic rings. The van der Waals surface area contributed by atoms with E-state index in [2.05, 4.69) is 11.6 Å². The highest BCUT2D eigenvalue weighted by molar-refractivity contribution is 7.89. The molecule has 0 aliphatic carbocycles. The van der Waals surface area contributed by atoms with E-state index >= 15 is 0 Å². The maximum absolute atomic E-state index is 12.4. The number of nitrogens with one attached hydrogen (secondary N) is 1. The normalized spacial score (nSPS) is 11.6. The lowest BCUT2D eigenvalue weighted by Crippen LogP contribution is -2.23. The van der Waals surface area contributed by atoms with Crippen LogP contribution in [0.3, 0.4) is 0 Å². The van der Waals surface area contributed by atoms with E-state index in [1.165, 1.54) is 24.8 Å². The van der Waals surface area contributed by atoms with Crippen molar-refractivity contribution >= 4 is 10.0 Å². The minimum absolute atomic E-state index is 0.307. The monoisotopic (exact) mass is 345 g/mol. The van der Waals surface area contributed by atoms with Crippen molar-refractivity contribution in [2.24, 2.45) is 0 Å². The Labute approximate surface area is 146 Å². The van der Waals surface area contributed by atoms with Crippen molar-refractivity contribution < 1.29 is 8.42 Å². The molecule has 0 atom stereocenters. The third-order valence-corrected chi connectivity index (χ3v) is 5.56. The van der Waals surface area contributed by atoms with Crippen molar-refractivity contribution in [3.8, 4) is 0 Å². The molecule has 2 aromatic rings. The van der Waals surface area contributed by atoms with Crippen LogP contribution < -0.4 is 4.72 Å². The fourth-order valence-electron chi connectivity index (χ4n) is 2.56. The summed E-state index contributed by atoms with van der Waals surface area (Å²) >= 11 is 0. The molecular weight excluding hydrogens is 318 g/mol. The summed E-state index contributed by atoms with van der Waals surface area (Å²) < 4.78 is 27.4. The van der Waals surface area contributed by atoms with Gasteiger partial charge in [0.1, 0.15) is 0 Å². The Morgan fingerprint density at radius 3 is 2.08 bits per heavy atom. The predicted octanol–water partition coefficient (Wildman–Crippen LogP) is 4.60. The van der Waals surface area contributed by atoms with E-state index in [4.69, 9.17) is 0 Å². The molecule has 0 heterocycles. The quantitative estimate of drug-likeness (QED) is 0.675. The van der Waals surface area contributed by atoms with Gasteiger partial charge < -0.3 is 0 Å². The first-order valence-corrected chi connectivity index (χ1v) is 10.1. The molecule has 130 valence electrons. The lowest BCUT2D eigenvalue weighted by Gasteiger charge is -2.08. The second kappa shape index (κ2) is 9.00. The largest absolute Gasteiger partial charge is 0.240 e. The van der Waals surface area contributed by atoms with E-state index in [-0.39, 0.29) is 0 Å². The van der Waals surface area contributed by atoms with Crippen LogP contribution in [0.5, 0.6) is 0 Å². The van der Waals surface area contributed by atoms with Crippen LogP contribution in [0.15, 0.2) is 53.4 Å². The topological polar surface area (TPSA) is 46.2 Å². The molecule has 0 aromatic heterocycles. The van der Waals surface area contributed by atoms with E-state index in [0.29, 0.717) is 11.4 Å². The fraction of sp³-hybridized carbons (Fsp3) is 0.400. The number of hydrogen-bond donors (Lipinski definition) is 1. The summed E-state index contributed by atoms with van der Waals surface area (Å²) in [7, 11) is -3.46. The maximum Gasteiger partial charge on any atom is 0.240 e. The number of rotatable bonds is 9. The Morgan fingerprint density at radius 1 is 0.833 bits per heavy atom. The van der Waals surface area contributed by atoms with Crippen LogP contribution in [0.25, 0.3) is 0 Å². The molecule has 24 heavy (non-hydrogen) atoms. The van der Waals surface area contributed by atoms with Gasteiger partial charge in [-0.2, -0.15) is 0 Å². The van der Waals surface area contributed by atoms with Crippen molar-refractivity contribution in [1.29, 1.82) is 0 Å². The van der Waals surface area contributed by atoms with Gasteiger partial charge in [0.25, 0.3) is 0 Å². The minimum Gasteiger partial charge on any atom is -0.207 e. The van der Waals surface area contributed by atoms with E-state index in [1.807, 2.05) is 43.3 Å². The summed E-state index contributed by atoms with van der Waals surface area (Å²) in [5, 5.41) is 0. The first kappa shape index (κ1) is 18.7. The van der Waals surface area contributed by atoms with Crippen molar-refractivity contribution in [3.63, 3.8) is 0 Å². The summed E-state index contributed by atoms with van der Waals surface area (Å²) in [5.41, 5.74) is 3.32. The van der Waals surface area contributed by atoms with Crippen LogP contribution in [0.2, 0.25) is 0 Å². The number of hydrogen-bond acceptors (Lipinski definition) is 2. The highest BCUT2D eigenvalue weighted by Gasteiger charge is 2.13. The Morgan fingerprint density at radius 2 is 1.46 bits per heavy atom. The first-order valence-electron chi connectivity index (χ1n) is 8.65. The van der Waals surface area contributed by atoms with Gasteiger partial charge in [-0.05, 0) is 43.0 Å². The molecule has 0 bridgehead atoms. The summed E-state index contributed by atoms with van der Waals surface area (Å²) in [6.45, 7) is 4.52. The van der Waals surface area contributed by atoms with E-state index in [1.54, 1.807) is 12.1 Å². The molecule has 2 aromatic carbocycles. The van der Waals surface area contributed by atoms with Crippen LogP contribution in [0.4, 0.5) is 0 Å². The molecule has 0 saturated carbocycles. The van der Waals surface area contributed by atoms with Crippen molar-refractivity contribution in [2.75, 3.05) is 0 Å². The predicted molar refractivity (Wildman–Crippen MR) is 99.5 cm³/mol. The maximum atomic E-state index is 12.4. The number of aryl methyl sites for hydroxylation is 2. The summed E-state index contributed by atoms with van der Waals surface area (Å²) in [4.78, 5) is 0.326. The zero-order chi connectivity index (χ0) is 17.4. The molecule has 0 fully saturated rings. The molecular formula is C20H27NO2S. The molecule has 0 amide bonds. The van der Waals surface area contributed by atoms with Gasteiger partial charge >= 0.3 is 0 Å². The lowest BCUT2D eigenvalue weighted by molar-refractivity contribution is 0.581. The van der Waals surface area contributed by atoms with Gasteiger partial charge in [-0.3, -0.25) is 0 Å². The summed E-state index contributed by atoms with van der Waals surface area (Å²) in [5.74, 6) is 0. The lowest BCUT2D eigenvalue weighted by atomic mass is 10.1. The smallest absolute Gasteiger partial charge is 0.207 e. The second-order valence-electron chi connectivity index (χ2n) is 6.26. The third-order valence-electron chi connectivity index (χ3n) is 4.14. The Kier molecular flexibility index (Phi) is 7.00. The molecule has 0 saturated heterocycles. The van der Waals surface area contributed by atoms with Crippen LogP contribution in [-0.2, 0) is 23.0 Å². The van der Waals surface area contributed by atoms with E-state index in [9.17, 15) is 8.42 Å². The van der Waals surface area contributed by atoms with Crippen LogP contribution in [0.1, 0.15) is 49.3 Å². The second-order valence-corrected chi connectivity index (χ2v) is 8.03. The zero-order valence-corrected chi connectivity index (χ0v) is 15.4. The van der Waals surface area contributed by atoms with Crippen molar-refractivity contribution in [1.82, 2.24) is 4.72 Å². The molecule has 0 unspecified atom stereocenters. The van der Waals surface area contributed by atoms with Crippen molar-refractivity contribution in [2.45, 2.75) is 57.4 Å². The Balaban J connectivity index is 1.92. The zero-order valence-electron chi connectivity index (χ0n) is 14.6. The summed E-state index contributed by atoms with van der Waals surface area (Å²) in [6, 6.07) is 15.1. The third kappa shape index (κ3) is 5.77. The van der Waals surface area contributed by atoms with Gasteiger partial charge in [0.2, 0.25) is 10.0 Å². The van der Waals surface area contributed by atoms with E-state index in [0.717, 1.165) is 24.0 Å². The molecule has 0 radical (unpaired) electrons. The molecule has 0 aliphatic heterocycles. The van der Waals surface area contributed by atoms with Gasteiger partial charge in [0.05, 0.1) is 4.90 Å². The SMILES string of the molecule is CCCCCCc1ccc(S(=O)(=O)NCc2ccc(C)cc2)cc1. The van der Waals surface area contributed by atoms with Gasteiger partial charge in [-0.25, -0.2) is 13.1 Å². The first-order chi connectivity index (χ1) is 11.5. The molecule has 0 spiro atoms. The van der Waals surface area contributed by atoms with Crippen LogP contribution in [-0.4, -0.2) is 8.42 Å². The van der Waals surface area contributed by atoms with Gasteiger partial charge in [0.15, 0.2) is 0 Å². The van der Waals surface area contributed by atoms with Gasteiger partial charge in [-0.1, -0.05) is 68.1 Å². The number of sulfonamides is 1. The summed E-state index contributed by atoms with van der Waals surface area (Å²) in [6.07, 6.45) is 5.89. The molecule has 2 rings (SSSR count). The highest BCUT2D eigenvalue weighted by atomic mass is 32.2. The average molecular weight is 346 g/mol. The van der Waals surface area contributed by atoms with Crippen LogP contribution in [0, 0.1) is 6.92 Å². The molecule has 4 heteroatoms. The number of benzene rings is 2. The fourth-order valence-corrected chi connectivity index (χ4v) is 3.58.